The Morgan fingerprint density at radius 2 is 1.74 bits per heavy atom. The van der Waals surface area contributed by atoms with Gasteiger partial charge in [0.05, 0.1) is 6.10 Å². The van der Waals surface area contributed by atoms with Gasteiger partial charge in [0, 0.05) is 71.9 Å². The summed E-state index contributed by atoms with van der Waals surface area (Å²) in [7, 11) is 1.81. The first kappa shape index (κ1) is 23.0. The Morgan fingerprint density at radius 1 is 1.03 bits per heavy atom. The summed E-state index contributed by atoms with van der Waals surface area (Å²) < 4.78 is 5.92. The van der Waals surface area contributed by atoms with Gasteiger partial charge >= 0.3 is 0 Å². The zero-order chi connectivity index (χ0) is 21.7. The zero-order valence-corrected chi connectivity index (χ0v) is 18.7. The van der Waals surface area contributed by atoms with E-state index in [0.717, 1.165) is 70.7 Å². The van der Waals surface area contributed by atoms with Gasteiger partial charge in [0.15, 0.2) is 5.96 Å². The van der Waals surface area contributed by atoms with Crippen molar-refractivity contribution in [2.45, 2.75) is 19.4 Å². The molecule has 3 rings (SSSR count). The topological polar surface area (TPSA) is 77.9 Å². The number of piperazine rings is 1. The number of hydrogen-bond acceptors (Lipinski definition) is 6. The molecule has 0 radical (unpaired) electrons. The third kappa shape index (κ3) is 7.80. The SMILES string of the molecule is CN=C(NCCCOC(C)c1ccccc1)NCCN1CCN(c2ncccn2)CC1. The lowest BCUT2D eigenvalue weighted by atomic mass is 10.1. The third-order valence-electron chi connectivity index (χ3n) is 5.40. The molecule has 2 heterocycles. The molecule has 0 aliphatic carbocycles. The lowest BCUT2D eigenvalue weighted by Gasteiger charge is -2.34. The van der Waals surface area contributed by atoms with E-state index in [-0.39, 0.29) is 6.10 Å². The van der Waals surface area contributed by atoms with Crippen LogP contribution in [0.15, 0.2) is 53.8 Å². The summed E-state index contributed by atoms with van der Waals surface area (Å²) in [5.74, 6) is 1.67. The highest BCUT2D eigenvalue weighted by molar-refractivity contribution is 5.79. The predicted octanol–water partition coefficient (Wildman–Crippen LogP) is 1.93. The Morgan fingerprint density at radius 3 is 2.45 bits per heavy atom. The Balaban J connectivity index is 1.24. The molecule has 1 saturated heterocycles. The summed E-state index contributed by atoms with van der Waals surface area (Å²) in [6, 6.07) is 12.2. The molecule has 168 valence electrons. The second kappa shape index (κ2) is 12.9. The van der Waals surface area contributed by atoms with Crippen molar-refractivity contribution in [1.29, 1.82) is 0 Å². The Kier molecular flexibility index (Phi) is 9.53. The van der Waals surface area contributed by atoms with E-state index in [1.54, 1.807) is 12.4 Å². The van der Waals surface area contributed by atoms with Crippen LogP contribution in [0.4, 0.5) is 5.95 Å². The minimum Gasteiger partial charge on any atom is -0.374 e. The van der Waals surface area contributed by atoms with Crippen molar-refractivity contribution < 1.29 is 4.74 Å². The second-order valence-electron chi connectivity index (χ2n) is 7.58. The number of hydrogen-bond donors (Lipinski definition) is 2. The highest BCUT2D eigenvalue weighted by atomic mass is 16.5. The van der Waals surface area contributed by atoms with Crippen LogP contribution in [0, 0.1) is 0 Å². The van der Waals surface area contributed by atoms with Gasteiger partial charge in [-0.2, -0.15) is 0 Å². The standard InChI is InChI=1S/C23H35N7O/c1-20(21-8-4-3-5-9-21)31-19-7-12-25-22(24-2)26-13-14-29-15-17-30(18-16-29)23-27-10-6-11-28-23/h3-6,8-11,20H,7,12-19H2,1-2H3,(H2,24,25,26). The van der Waals surface area contributed by atoms with E-state index in [1.165, 1.54) is 5.56 Å². The molecule has 8 heteroatoms. The van der Waals surface area contributed by atoms with Gasteiger partial charge in [-0.1, -0.05) is 30.3 Å². The number of rotatable bonds is 10. The summed E-state index contributed by atoms with van der Waals surface area (Å²) in [4.78, 5) is 17.7. The zero-order valence-electron chi connectivity index (χ0n) is 18.7. The van der Waals surface area contributed by atoms with Gasteiger partial charge in [-0.3, -0.25) is 9.89 Å². The van der Waals surface area contributed by atoms with E-state index in [4.69, 9.17) is 4.74 Å². The van der Waals surface area contributed by atoms with Crippen LogP contribution < -0.4 is 15.5 Å². The molecule has 1 aliphatic rings. The van der Waals surface area contributed by atoms with E-state index < -0.39 is 0 Å². The molecule has 31 heavy (non-hydrogen) atoms. The van der Waals surface area contributed by atoms with Gasteiger partial charge in [0.2, 0.25) is 5.95 Å². The second-order valence-corrected chi connectivity index (χ2v) is 7.58. The van der Waals surface area contributed by atoms with Crippen LogP contribution in [0.5, 0.6) is 0 Å². The van der Waals surface area contributed by atoms with Crippen molar-refractivity contribution in [3.63, 3.8) is 0 Å². The number of nitrogens with one attached hydrogen (secondary N) is 2. The predicted molar refractivity (Wildman–Crippen MR) is 125 cm³/mol. The largest absolute Gasteiger partial charge is 0.374 e. The van der Waals surface area contributed by atoms with Crippen LogP contribution in [-0.4, -0.2) is 80.3 Å². The van der Waals surface area contributed by atoms with Crippen LogP contribution in [0.25, 0.3) is 0 Å². The molecule has 1 aromatic carbocycles. The number of benzene rings is 1. The van der Waals surface area contributed by atoms with Crippen molar-refractivity contribution in [2.75, 3.05) is 64.4 Å². The molecule has 1 unspecified atom stereocenters. The van der Waals surface area contributed by atoms with Gasteiger partial charge in [-0.25, -0.2) is 9.97 Å². The van der Waals surface area contributed by atoms with Crippen molar-refractivity contribution in [1.82, 2.24) is 25.5 Å². The Labute approximate surface area is 185 Å². The molecule has 1 aliphatic heterocycles. The normalized spacial score (nSPS) is 16.2. The quantitative estimate of drug-likeness (QED) is 0.342. The van der Waals surface area contributed by atoms with Gasteiger partial charge in [-0.15, -0.1) is 0 Å². The molecule has 0 spiro atoms. The number of guanidine groups is 1. The molecule has 0 saturated carbocycles. The first-order valence-electron chi connectivity index (χ1n) is 11.1. The maximum atomic E-state index is 5.92. The average Bonchev–Trinajstić information content (AvgIpc) is 2.84. The molecule has 1 fully saturated rings. The minimum atomic E-state index is 0.118. The Bertz CT molecular complexity index is 764. The maximum Gasteiger partial charge on any atom is 0.225 e. The minimum absolute atomic E-state index is 0.118. The molecular formula is C23H35N7O. The third-order valence-corrected chi connectivity index (χ3v) is 5.40. The number of nitrogens with zero attached hydrogens (tertiary/aromatic N) is 5. The molecular weight excluding hydrogens is 390 g/mol. The molecule has 2 aromatic rings. The van der Waals surface area contributed by atoms with Gasteiger partial charge in [0.25, 0.3) is 0 Å². The fourth-order valence-electron chi connectivity index (χ4n) is 3.54. The molecule has 2 N–H and O–H groups in total. The first-order valence-corrected chi connectivity index (χ1v) is 11.1. The van der Waals surface area contributed by atoms with E-state index in [0.29, 0.717) is 0 Å². The molecule has 1 atom stereocenters. The molecule has 0 bridgehead atoms. The van der Waals surface area contributed by atoms with Crippen LogP contribution in [0.3, 0.4) is 0 Å². The summed E-state index contributed by atoms with van der Waals surface area (Å²) in [5, 5.41) is 6.77. The summed E-state index contributed by atoms with van der Waals surface area (Å²) in [5.41, 5.74) is 1.21. The highest BCUT2D eigenvalue weighted by Crippen LogP contribution is 2.15. The van der Waals surface area contributed by atoms with E-state index in [2.05, 4.69) is 54.5 Å². The van der Waals surface area contributed by atoms with Gasteiger partial charge in [-0.05, 0) is 25.0 Å². The lowest BCUT2D eigenvalue weighted by molar-refractivity contribution is 0.0646. The average molecular weight is 426 g/mol. The number of anilines is 1. The summed E-state index contributed by atoms with van der Waals surface area (Å²) in [6.45, 7) is 9.44. The van der Waals surface area contributed by atoms with Crippen molar-refractivity contribution >= 4 is 11.9 Å². The van der Waals surface area contributed by atoms with Crippen molar-refractivity contribution in [2.24, 2.45) is 4.99 Å². The monoisotopic (exact) mass is 425 g/mol. The van der Waals surface area contributed by atoms with Crippen LogP contribution in [-0.2, 0) is 4.74 Å². The van der Waals surface area contributed by atoms with E-state index in [1.807, 2.05) is 31.3 Å². The Hall–Kier alpha value is -2.71. The fourth-order valence-corrected chi connectivity index (χ4v) is 3.54. The van der Waals surface area contributed by atoms with Crippen LogP contribution in [0.2, 0.25) is 0 Å². The summed E-state index contributed by atoms with van der Waals surface area (Å²) >= 11 is 0. The number of aliphatic imine (C=N–C) groups is 1. The highest BCUT2D eigenvalue weighted by Gasteiger charge is 2.18. The molecule has 0 amide bonds. The van der Waals surface area contributed by atoms with Gasteiger partial charge < -0.3 is 20.3 Å². The van der Waals surface area contributed by atoms with E-state index in [9.17, 15) is 0 Å². The van der Waals surface area contributed by atoms with Gasteiger partial charge in [0.1, 0.15) is 0 Å². The maximum absolute atomic E-state index is 5.92. The van der Waals surface area contributed by atoms with Crippen LogP contribution >= 0.6 is 0 Å². The smallest absolute Gasteiger partial charge is 0.225 e. The van der Waals surface area contributed by atoms with Crippen molar-refractivity contribution in [3.05, 3.63) is 54.4 Å². The number of aromatic nitrogens is 2. The van der Waals surface area contributed by atoms with Crippen LogP contribution in [0.1, 0.15) is 25.0 Å². The lowest BCUT2D eigenvalue weighted by Crippen LogP contribution is -2.49. The number of ether oxygens (including phenoxy) is 1. The fraction of sp³-hybridized carbons (Fsp3) is 0.522. The molecule has 1 aromatic heterocycles. The summed E-state index contributed by atoms with van der Waals surface area (Å²) in [6.07, 6.45) is 4.65. The first-order chi connectivity index (χ1) is 15.3. The molecule has 8 nitrogen and oxygen atoms in total. The van der Waals surface area contributed by atoms with E-state index >= 15 is 0 Å². The van der Waals surface area contributed by atoms with Crippen molar-refractivity contribution in [3.8, 4) is 0 Å².